The van der Waals surface area contributed by atoms with Crippen molar-refractivity contribution in [2.45, 2.75) is 38.6 Å². The van der Waals surface area contributed by atoms with Crippen LogP contribution in [0.5, 0.6) is 0 Å². The number of carbonyl (C=O) groups excluding carboxylic acids is 1. The summed E-state index contributed by atoms with van der Waals surface area (Å²) in [5, 5.41) is 0. The molecule has 0 bridgehead atoms. The number of nitrogens with zero attached hydrogens (tertiary/aromatic N) is 1. The van der Waals surface area contributed by atoms with Gasteiger partial charge in [0.05, 0.1) is 6.61 Å². The number of alkyl halides is 1. The normalized spacial score (nSPS) is 19.9. The lowest BCUT2D eigenvalue weighted by molar-refractivity contribution is -0.145. The Morgan fingerprint density at radius 1 is 1.64 bits per heavy atom. The van der Waals surface area contributed by atoms with E-state index in [1.807, 2.05) is 6.92 Å². The molecule has 3 nitrogen and oxygen atoms in total. The predicted octanol–water partition coefficient (Wildman–Crippen LogP) is 2.89. The topological polar surface area (TPSA) is 38.7 Å². The van der Waals surface area contributed by atoms with E-state index in [0.717, 1.165) is 12.3 Å². The van der Waals surface area contributed by atoms with E-state index in [2.05, 4.69) is 8.08 Å². The molecule has 82 valence electrons. The smallest absolute Gasteiger partial charge is 0.331 e. The molecule has 1 rings (SSSR count). The summed E-state index contributed by atoms with van der Waals surface area (Å²) in [7, 11) is 0. The fourth-order valence-corrected chi connectivity index (χ4v) is 2.70. The summed E-state index contributed by atoms with van der Waals surface area (Å²) in [6.07, 6.45) is 4.79. The first-order valence-electron chi connectivity index (χ1n) is 5.13. The molecule has 0 aromatic rings. The van der Waals surface area contributed by atoms with Gasteiger partial charge in [0.15, 0.2) is 6.04 Å². The third-order valence-corrected chi connectivity index (χ3v) is 3.78. The highest BCUT2D eigenvalue weighted by molar-refractivity contribution is 14.2. The Hall–Kier alpha value is 0. The molecule has 1 aliphatic carbocycles. The Morgan fingerprint density at radius 2 is 2.36 bits per heavy atom. The Kier molecular flexibility index (Phi) is 5.59. The Balaban J connectivity index is 2.40. The minimum atomic E-state index is -0.167. The molecule has 0 radical (unpaired) electrons. The molecule has 1 saturated carbocycles. The molecule has 0 aromatic heterocycles. The molecule has 14 heavy (non-hydrogen) atoms. The van der Waals surface area contributed by atoms with Crippen LogP contribution >= 0.6 is 21.0 Å². The second kappa shape index (κ2) is 6.48. The van der Waals surface area contributed by atoms with E-state index < -0.39 is 0 Å². The molecular weight excluding hydrogens is 293 g/mol. The van der Waals surface area contributed by atoms with E-state index in [1.54, 1.807) is 0 Å². The first-order valence-corrected chi connectivity index (χ1v) is 8.25. The van der Waals surface area contributed by atoms with Crippen molar-refractivity contribution >= 4 is 27.0 Å². The van der Waals surface area contributed by atoms with Crippen LogP contribution in [0.3, 0.4) is 0 Å². The average molecular weight is 311 g/mol. The van der Waals surface area contributed by atoms with Gasteiger partial charge in [0.1, 0.15) is 0 Å². The molecule has 0 aliphatic heterocycles. The molecule has 1 aliphatic rings. The molecule has 1 fully saturated rings. The number of halogens is 1. The number of hydrogen-bond donors (Lipinski definition) is 0. The number of esters is 1. The van der Waals surface area contributed by atoms with E-state index in [1.165, 1.54) is 19.3 Å². The van der Waals surface area contributed by atoms with E-state index in [0.29, 0.717) is 6.61 Å². The standard InChI is InChI=1S/C10H18INO2/c1-3-14-10(13)9(12-11-2)7-8-5-4-6-8/h8-9H,3-7H2,1-2H3. The molecule has 4 heteroatoms. The highest BCUT2D eigenvalue weighted by atomic mass is 127. The van der Waals surface area contributed by atoms with Crippen LogP contribution in [0, 0.1) is 5.92 Å². The van der Waals surface area contributed by atoms with E-state index in [4.69, 9.17) is 4.74 Å². The first kappa shape index (κ1) is 12.1. The quantitative estimate of drug-likeness (QED) is 0.445. The Morgan fingerprint density at radius 3 is 2.79 bits per heavy atom. The highest BCUT2D eigenvalue weighted by Gasteiger charge is 2.26. The van der Waals surface area contributed by atoms with Crippen LogP contribution < -0.4 is 0 Å². The molecule has 0 aromatic carbocycles. The summed E-state index contributed by atoms with van der Waals surface area (Å²) in [4.78, 5) is 13.6. The summed E-state index contributed by atoms with van der Waals surface area (Å²) in [5.74, 6) is 0.615. The molecule has 0 spiro atoms. The highest BCUT2D eigenvalue weighted by Crippen LogP contribution is 2.31. The van der Waals surface area contributed by atoms with Crippen molar-refractivity contribution in [1.29, 1.82) is 0 Å². The van der Waals surface area contributed by atoms with Gasteiger partial charge >= 0.3 is 5.97 Å². The van der Waals surface area contributed by atoms with Crippen molar-refractivity contribution in [3.8, 4) is 0 Å². The van der Waals surface area contributed by atoms with Gasteiger partial charge in [-0.25, -0.2) is 7.94 Å². The van der Waals surface area contributed by atoms with Crippen LogP contribution in [0.15, 0.2) is 3.15 Å². The monoisotopic (exact) mass is 311 g/mol. The summed E-state index contributed by atoms with van der Waals surface area (Å²) in [6.45, 7) is 2.32. The predicted molar refractivity (Wildman–Crippen MR) is 64.8 cm³/mol. The fraction of sp³-hybridized carbons (Fsp3) is 0.900. The largest absolute Gasteiger partial charge is 0.464 e. The SMILES string of the molecule is CCOC(=O)C(CC1CCC1)N=IC. The third-order valence-electron chi connectivity index (χ3n) is 2.56. The maximum atomic E-state index is 11.5. The molecule has 1 atom stereocenters. The summed E-state index contributed by atoms with van der Waals surface area (Å²) in [5.41, 5.74) is 0. The molecule has 0 amide bonds. The van der Waals surface area contributed by atoms with Crippen LogP contribution in [-0.4, -0.2) is 23.5 Å². The van der Waals surface area contributed by atoms with Crippen molar-refractivity contribution in [2.24, 2.45) is 9.06 Å². The van der Waals surface area contributed by atoms with Gasteiger partial charge in [0.25, 0.3) is 0 Å². The van der Waals surface area contributed by atoms with Crippen LogP contribution in [0.25, 0.3) is 0 Å². The molecular formula is C10H18INO2. The van der Waals surface area contributed by atoms with Gasteiger partial charge in [0.2, 0.25) is 0 Å². The zero-order chi connectivity index (χ0) is 10.4. The zero-order valence-electron chi connectivity index (χ0n) is 8.83. The molecule has 0 saturated heterocycles. The molecule has 1 unspecified atom stereocenters. The van der Waals surface area contributed by atoms with Crippen LogP contribution in [0.4, 0.5) is 0 Å². The van der Waals surface area contributed by atoms with Gasteiger partial charge in [-0.15, -0.1) is 0 Å². The maximum absolute atomic E-state index is 11.5. The lowest BCUT2D eigenvalue weighted by Gasteiger charge is -2.27. The second-order valence-corrected chi connectivity index (χ2v) is 5.09. The Labute approximate surface area is 95.8 Å². The van der Waals surface area contributed by atoms with Gasteiger partial charge in [-0.1, -0.05) is 19.3 Å². The van der Waals surface area contributed by atoms with Gasteiger partial charge in [-0.2, -0.15) is 0 Å². The van der Waals surface area contributed by atoms with Crippen molar-refractivity contribution in [2.75, 3.05) is 11.5 Å². The van der Waals surface area contributed by atoms with E-state index in [9.17, 15) is 4.79 Å². The summed E-state index contributed by atoms with van der Waals surface area (Å²) >= 11 is -0.167. The third kappa shape index (κ3) is 3.63. The van der Waals surface area contributed by atoms with E-state index in [-0.39, 0.29) is 33.0 Å². The van der Waals surface area contributed by atoms with Crippen LogP contribution in [-0.2, 0) is 9.53 Å². The van der Waals surface area contributed by atoms with Crippen LogP contribution in [0.1, 0.15) is 32.6 Å². The van der Waals surface area contributed by atoms with Crippen molar-refractivity contribution in [3.05, 3.63) is 0 Å². The lowest BCUT2D eigenvalue weighted by atomic mass is 9.81. The molecule has 0 N–H and O–H groups in total. The van der Waals surface area contributed by atoms with Gasteiger partial charge in [0, 0.05) is 0 Å². The van der Waals surface area contributed by atoms with Crippen molar-refractivity contribution in [1.82, 2.24) is 0 Å². The number of rotatable bonds is 5. The van der Waals surface area contributed by atoms with Crippen molar-refractivity contribution < 1.29 is 9.53 Å². The number of hydrogen-bond acceptors (Lipinski definition) is 3. The summed E-state index contributed by atoms with van der Waals surface area (Å²) < 4.78 is 9.41. The minimum absolute atomic E-state index is 0.110. The second-order valence-electron chi connectivity index (χ2n) is 3.57. The molecule has 0 heterocycles. The number of ether oxygens (including phenoxy) is 1. The van der Waals surface area contributed by atoms with E-state index >= 15 is 0 Å². The average Bonchev–Trinajstić information content (AvgIpc) is 2.09. The fourth-order valence-electron chi connectivity index (χ4n) is 1.58. The minimum Gasteiger partial charge on any atom is -0.464 e. The van der Waals surface area contributed by atoms with Crippen molar-refractivity contribution in [3.63, 3.8) is 0 Å². The first-order chi connectivity index (χ1) is 6.77. The number of carbonyl (C=O) groups is 1. The zero-order valence-corrected chi connectivity index (χ0v) is 11.0. The summed E-state index contributed by atoms with van der Waals surface area (Å²) in [6, 6.07) is -0.155. The van der Waals surface area contributed by atoms with Gasteiger partial charge in [-0.3, -0.25) is 0 Å². The van der Waals surface area contributed by atoms with Gasteiger partial charge in [-0.05, 0) is 45.2 Å². The lowest BCUT2D eigenvalue weighted by Crippen LogP contribution is -2.26. The van der Waals surface area contributed by atoms with Crippen LogP contribution in [0.2, 0.25) is 0 Å². The van der Waals surface area contributed by atoms with Gasteiger partial charge < -0.3 is 4.74 Å². The maximum Gasteiger partial charge on any atom is 0.331 e. The Bertz CT molecular complexity index is 214.